The zero-order valence-electron chi connectivity index (χ0n) is 15.3. The number of amides is 1. The van der Waals surface area contributed by atoms with Crippen molar-refractivity contribution in [2.45, 2.75) is 45.4 Å². The molecule has 0 radical (unpaired) electrons. The molecule has 1 atom stereocenters. The summed E-state index contributed by atoms with van der Waals surface area (Å²) in [5.74, 6) is -1.42. The summed E-state index contributed by atoms with van der Waals surface area (Å²) in [5.41, 5.74) is 0.0393. The lowest BCUT2D eigenvalue weighted by molar-refractivity contribution is -0.153. The minimum atomic E-state index is -1.22. The van der Waals surface area contributed by atoms with E-state index in [1.165, 1.54) is 6.08 Å². The molecule has 0 saturated heterocycles. The summed E-state index contributed by atoms with van der Waals surface area (Å²) in [7, 11) is 0. The van der Waals surface area contributed by atoms with E-state index in [0.29, 0.717) is 0 Å². The van der Waals surface area contributed by atoms with Gasteiger partial charge >= 0.3 is 18.0 Å². The van der Waals surface area contributed by atoms with Gasteiger partial charge in [0.2, 0.25) is 0 Å². The van der Waals surface area contributed by atoms with Crippen molar-refractivity contribution in [2.24, 2.45) is 0 Å². The van der Waals surface area contributed by atoms with Crippen LogP contribution in [0, 0.1) is 0 Å². The van der Waals surface area contributed by atoms with Crippen LogP contribution in [0.5, 0.6) is 0 Å². The van der Waals surface area contributed by atoms with Crippen LogP contribution < -0.4 is 5.32 Å². The second kappa shape index (κ2) is 10.2. The van der Waals surface area contributed by atoms with Crippen LogP contribution in [0.15, 0.2) is 43.0 Å². The summed E-state index contributed by atoms with van der Waals surface area (Å²) >= 11 is 0. The minimum Gasteiger partial charge on any atom is -0.461 e. The van der Waals surface area contributed by atoms with Crippen LogP contribution in [0.2, 0.25) is 0 Å². The van der Waals surface area contributed by atoms with Crippen molar-refractivity contribution in [1.29, 1.82) is 0 Å². The quantitative estimate of drug-likeness (QED) is 0.434. The molecule has 0 saturated carbocycles. The first-order chi connectivity index (χ1) is 12.2. The predicted molar refractivity (Wildman–Crippen MR) is 95.2 cm³/mol. The maximum absolute atomic E-state index is 12.3. The van der Waals surface area contributed by atoms with Crippen LogP contribution in [-0.2, 0) is 30.4 Å². The lowest BCUT2D eigenvalue weighted by Crippen LogP contribution is -2.45. The smallest absolute Gasteiger partial charge is 0.408 e. The van der Waals surface area contributed by atoms with Crippen molar-refractivity contribution >= 4 is 18.0 Å². The molecule has 7 nitrogen and oxygen atoms in total. The standard InChI is InChI=1S/C19H25NO6/c1-5-11-24-16(21)12-15(20-18(23)26-19(2,3)4)17(22)25-13-14-9-7-6-8-10-14/h5-10,15H,1,11-13H2,2-4H3,(H,20,23)/t15-/m0/s1. The third-order valence-electron chi connectivity index (χ3n) is 2.93. The van der Waals surface area contributed by atoms with E-state index in [9.17, 15) is 14.4 Å². The van der Waals surface area contributed by atoms with Gasteiger partial charge in [-0.25, -0.2) is 9.59 Å². The van der Waals surface area contributed by atoms with Crippen LogP contribution in [0.25, 0.3) is 0 Å². The summed E-state index contributed by atoms with van der Waals surface area (Å²) in [6.07, 6.45) is 0.207. The van der Waals surface area contributed by atoms with Crippen molar-refractivity contribution < 1.29 is 28.6 Å². The number of hydrogen-bond acceptors (Lipinski definition) is 6. The predicted octanol–water partition coefficient (Wildman–Crippen LogP) is 2.74. The Labute approximate surface area is 153 Å². The fraction of sp³-hybridized carbons (Fsp3) is 0.421. The van der Waals surface area contributed by atoms with Gasteiger partial charge in [-0.05, 0) is 26.3 Å². The van der Waals surface area contributed by atoms with Crippen LogP contribution in [0.1, 0.15) is 32.8 Å². The summed E-state index contributed by atoms with van der Waals surface area (Å²) in [4.78, 5) is 36.0. The SMILES string of the molecule is C=CCOC(=O)C[C@H](NC(=O)OC(C)(C)C)C(=O)OCc1ccccc1. The molecule has 0 unspecified atom stereocenters. The number of carbonyl (C=O) groups is 3. The Morgan fingerprint density at radius 3 is 2.38 bits per heavy atom. The molecule has 26 heavy (non-hydrogen) atoms. The third-order valence-corrected chi connectivity index (χ3v) is 2.93. The van der Waals surface area contributed by atoms with Gasteiger partial charge < -0.3 is 19.5 Å². The summed E-state index contributed by atoms with van der Waals surface area (Å²) < 4.78 is 15.2. The highest BCUT2D eigenvalue weighted by atomic mass is 16.6. The Kier molecular flexibility index (Phi) is 8.34. The molecule has 0 aliphatic heterocycles. The highest BCUT2D eigenvalue weighted by Gasteiger charge is 2.28. The Hall–Kier alpha value is -2.83. The van der Waals surface area contributed by atoms with Crippen LogP contribution in [0.3, 0.4) is 0 Å². The Morgan fingerprint density at radius 2 is 1.81 bits per heavy atom. The van der Waals surface area contributed by atoms with Crippen molar-refractivity contribution in [3.8, 4) is 0 Å². The monoisotopic (exact) mass is 363 g/mol. The maximum Gasteiger partial charge on any atom is 0.408 e. The van der Waals surface area contributed by atoms with E-state index in [1.807, 2.05) is 18.2 Å². The number of benzene rings is 1. The normalized spacial score (nSPS) is 11.8. The lowest BCUT2D eigenvalue weighted by atomic mass is 10.2. The van der Waals surface area contributed by atoms with E-state index in [1.54, 1.807) is 32.9 Å². The van der Waals surface area contributed by atoms with Crippen LogP contribution in [0.4, 0.5) is 4.79 Å². The molecule has 1 aromatic carbocycles. The molecule has 1 amide bonds. The average Bonchev–Trinajstić information content (AvgIpc) is 2.56. The molecule has 0 spiro atoms. The van der Waals surface area contributed by atoms with Gasteiger partial charge in [-0.15, -0.1) is 0 Å². The Balaban J connectivity index is 2.71. The number of nitrogens with one attached hydrogen (secondary N) is 1. The van der Waals surface area contributed by atoms with Gasteiger partial charge in [-0.3, -0.25) is 4.79 Å². The summed E-state index contributed by atoms with van der Waals surface area (Å²) in [6, 6.07) is 7.83. The number of hydrogen-bond donors (Lipinski definition) is 1. The van der Waals surface area contributed by atoms with Gasteiger partial charge in [-0.2, -0.15) is 0 Å². The van der Waals surface area contributed by atoms with Gasteiger partial charge in [-0.1, -0.05) is 43.0 Å². The number of carbonyl (C=O) groups excluding carboxylic acids is 3. The highest BCUT2D eigenvalue weighted by molar-refractivity contribution is 5.86. The molecule has 7 heteroatoms. The number of rotatable bonds is 8. The second-order valence-corrected chi connectivity index (χ2v) is 6.47. The molecule has 1 N–H and O–H groups in total. The van der Waals surface area contributed by atoms with E-state index in [2.05, 4.69) is 11.9 Å². The number of esters is 2. The lowest BCUT2D eigenvalue weighted by Gasteiger charge is -2.22. The Bertz CT molecular complexity index is 621. The van der Waals surface area contributed by atoms with E-state index in [-0.39, 0.29) is 19.6 Å². The Morgan fingerprint density at radius 1 is 1.15 bits per heavy atom. The van der Waals surface area contributed by atoms with E-state index in [0.717, 1.165) is 5.56 Å². The largest absolute Gasteiger partial charge is 0.461 e. The molecule has 0 heterocycles. The molecule has 0 fully saturated rings. The summed E-state index contributed by atoms with van der Waals surface area (Å²) in [5, 5.41) is 2.35. The molecule has 0 aromatic heterocycles. The molecule has 142 valence electrons. The first-order valence-corrected chi connectivity index (χ1v) is 8.18. The fourth-order valence-electron chi connectivity index (χ4n) is 1.85. The van der Waals surface area contributed by atoms with E-state index in [4.69, 9.17) is 14.2 Å². The van der Waals surface area contributed by atoms with Crippen molar-refractivity contribution in [3.63, 3.8) is 0 Å². The minimum absolute atomic E-state index is 0.0110. The van der Waals surface area contributed by atoms with Gasteiger partial charge in [0, 0.05) is 0 Å². The maximum atomic E-state index is 12.3. The van der Waals surface area contributed by atoms with Crippen molar-refractivity contribution in [2.75, 3.05) is 6.61 Å². The van der Waals surface area contributed by atoms with E-state index < -0.39 is 29.7 Å². The van der Waals surface area contributed by atoms with Gasteiger partial charge in [0.1, 0.15) is 24.9 Å². The van der Waals surface area contributed by atoms with Crippen LogP contribution in [-0.4, -0.2) is 36.3 Å². The molecule has 1 aromatic rings. The van der Waals surface area contributed by atoms with Crippen LogP contribution >= 0.6 is 0 Å². The van der Waals surface area contributed by atoms with Crippen molar-refractivity contribution in [3.05, 3.63) is 48.6 Å². The van der Waals surface area contributed by atoms with Gasteiger partial charge in [0.05, 0.1) is 6.42 Å². The molecule has 0 aliphatic carbocycles. The molecule has 1 rings (SSSR count). The second-order valence-electron chi connectivity index (χ2n) is 6.47. The van der Waals surface area contributed by atoms with Gasteiger partial charge in [0.25, 0.3) is 0 Å². The highest BCUT2D eigenvalue weighted by Crippen LogP contribution is 2.09. The molecular weight excluding hydrogens is 338 g/mol. The summed E-state index contributed by atoms with van der Waals surface area (Å²) in [6.45, 7) is 8.54. The zero-order chi connectivity index (χ0) is 19.6. The topological polar surface area (TPSA) is 90.9 Å². The third kappa shape index (κ3) is 8.86. The molecule has 0 aliphatic rings. The van der Waals surface area contributed by atoms with E-state index >= 15 is 0 Å². The van der Waals surface area contributed by atoms with Gasteiger partial charge in [0.15, 0.2) is 0 Å². The first-order valence-electron chi connectivity index (χ1n) is 8.18. The number of ether oxygens (including phenoxy) is 3. The average molecular weight is 363 g/mol. The zero-order valence-corrected chi connectivity index (χ0v) is 15.3. The molecule has 0 bridgehead atoms. The van der Waals surface area contributed by atoms with Crippen molar-refractivity contribution in [1.82, 2.24) is 5.32 Å². The molecular formula is C19H25NO6. The fourth-order valence-corrected chi connectivity index (χ4v) is 1.85. The first kappa shape index (κ1) is 21.2. The number of alkyl carbamates (subject to hydrolysis) is 1.